The van der Waals surface area contributed by atoms with Crippen molar-refractivity contribution in [1.29, 1.82) is 0 Å². The summed E-state index contributed by atoms with van der Waals surface area (Å²) >= 11 is 0. The number of ether oxygens (including phenoxy) is 1. The van der Waals surface area contributed by atoms with Gasteiger partial charge in [0.2, 0.25) is 0 Å². The molecule has 1 aromatic carbocycles. The van der Waals surface area contributed by atoms with Crippen molar-refractivity contribution in [2.75, 3.05) is 19.7 Å². The third-order valence-electron chi connectivity index (χ3n) is 3.94. The molecular formula is C16H23NO3. The van der Waals surface area contributed by atoms with E-state index in [-0.39, 0.29) is 5.56 Å². The minimum absolute atomic E-state index is 0.233. The Labute approximate surface area is 120 Å². The van der Waals surface area contributed by atoms with Gasteiger partial charge in [0.15, 0.2) is 0 Å². The van der Waals surface area contributed by atoms with Gasteiger partial charge in [0.05, 0.1) is 0 Å². The minimum Gasteiger partial charge on any atom is -0.491 e. The van der Waals surface area contributed by atoms with Gasteiger partial charge in [-0.25, -0.2) is 4.79 Å². The summed E-state index contributed by atoms with van der Waals surface area (Å²) in [5, 5.41) is 9.10. The molecule has 110 valence electrons. The molecule has 0 radical (unpaired) electrons. The van der Waals surface area contributed by atoms with Crippen molar-refractivity contribution in [2.45, 2.75) is 38.6 Å². The molecule has 1 heterocycles. The van der Waals surface area contributed by atoms with E-state index in [0.29, 0.717) is 18.4 Å². The number of benzene rings is 1. The van der Waals surface area contributed by atoms with Crippen molar-refractivity contribution in [3.05, 3.63) is 29.8 Å². The molecular weight excluding hydrogens is 254 g/mol. The van der Waals surface area contributed by atoms with Crippen molar-refractivity contribution < 1.29 is 14.6 Å². The highest BCUT2D eigenvalue weighted by molar-refractivity contribution is 5.90. The van der Waals surface area contributed by atoms with Crippen LogP contribution in [0.5, 0.6) is 5.75 Å². The molecule has 1 aliphatic heterocycles. The number of hydrogen-bond acceptors (Lipinski definition) is 3. The molecule has 1 fully saturated rings. The summed E-state index contributed by atoms with van der Waals surface area (Å²) in [6, 6.07) is 7.40. The molecule has 0 aliphatic carbocycles. The van der Waals surface area contributed by atoms with Gasteiger partial charge < -0.3 is 9.84 Å². The van der Waals surface area contributed by atoms with Gasteiger partial charge in [-0.3, -0.25) is 4.90 Å². The molecule has 0 amide bonds. The average molecular weight is 277 g/mol. The quantitative estimate of drug-likeness (QED) is 0.898. The van der Waals surface area contributed by atoms with Gasteiger partial charge in [0.25, 0.3) is 0 Å². The van der Waals surface area contributed by atoms with Crippen molar-refractivity contribution in [1.82, 2.24) is 4.90 Å². The minimum atomic E-state index is -0.941. The second-order valence-electron chi connectivity index (χ2n) is 5.38. The third kappa shape index (κ3) is 3.97. The second kappa shape index (κ2) is 7.29. The van der Waals surface area contributed by atoms with Crippen molar-refractivity contribution >= 4 is 5.97 Å². The maximum Gasteiger partial charge on any atom is 0.339 e. The van der Waals surface area contributed by atoms with Crippen LogP contribution in [0.2, 0.25) is 0 Å². The highest BCUT2D eigenvalue weighted by Crippen LogP contribution is 2.19. The zero-order chi connectivity index (χ0) is 14.4. The normalized spacial score (nSPS) is 20.4. The van der Waals surface area contributed by atoms with E-state index in [2.05, 4.69) is 11.8 Å². The summed E-state index contributed by atoms with van der Waals surface area (Å²) < 4.78 is 5.67. The number of carboxylic acids is 1. The number of para-hydroxylation sites is 1. The zero-order valence-electron chi connectivity index (χ0n) is 12.0. The third-order valence-corrected chi connectivity index (χ3v) is 3.94. The molecule has 1 saturated heterocycles. The van der Waals surface area contributed by atoms with Crippen LogP contribution < -0.4 is 4.74 Å². The number of nitrogens with zero attached hydrogens (tertiary/aromatic N) is 1. The average Bonchev–Trinajstić information content (AvgIpc) is 2.64. The molecule has 0 bridgehead atoms. The molecule has 1 N–H and O–H groups in total. The molecule has 4 heteroatoms. The molecule has 1 aliphatic rings. The van der Waals surface area contributed by atoms with Crippen LogP contribution in [0.1, 0.15) is 43.0 Å². The highest BCUT2D eigenvalue weighted by atomic mass is 16.5. The predicted molar refractivity (Wildman–Crippen MR) is 78.4 cm³/mol. The number of rotatable bonds is 5. The van der Waals surface area contributed by atoms with E-state index >= 15 is 0 Å². The SMILES string of the molecule is CC1CCCCCN1CCOc1ccccc1C(=O)O. The fourth-order valence-corrected chi connectivity index (χ4v) is 2.71. The summed E-state index contributed by atoms with van der Waals surface area (Å²) in [4.78, 5) is 13.5. The molecule has 4 nitrogen and oxygen atoms in total. The van der Waals surface area contributed by atoms with Gasteiger partial charge in [-0.1, -0.05) is 25.0 Å². The van der Waals surface area contributed by atoms with E-state index in [4.69, 9.17) is 9.84 Å². The Morgan fingerprint density at radius 1 is 1.35 bits per heavy atom. The van der Waals surface area contributed by atoms with E-state index in [9.17, 15) is 4.79 Å². The lowest BCUT2D eigenvalue weighted by atomic mass is 10.1. The smallest absolute Gasteiger partial charge is 0.339 e. The van der Waals surface area contributed by atoms with Crippen LogP contribution in [0, 0.1) is 0 Å². The first-order valence-electron chi connectivity index (χ1n) is 7.37. The van der Waals surface area contributed by atoms with E-state index in [1.807, 2.05) is 0 Å². The number of carbonyl (C=O) groups is 1. The van der Waals surface area contributed by atoms with Gasteiger partial charge in [0.1, 0.15) is 17.9 Å². The van der Waals surface area contributed by atoms with Crippen LogP contribution in [-0.2, 0) is 0 Å². The molecule has 0 spiro atoms. The standard InChI is InChI=1S/C16H23NO3/c1-13-7-3-2-6-10-17(13)11-12-20-15-9-5-4-8-14(15)16(18)19/h4-5,8-9,13H,2-3,6-7,10-12H2,1H3,(H,18,19). The fourth-order valence-electron chi connectivity index (χ4n) is 2.71. The molecule has 2 rings (SSSR count). The van der Waals surface area contributed by atoms with Gasteiger partial charge >= 0.3 is 5.97 Å². The van der Waals surface area contributed by atoms with Gasteiger partial charge in [-0.15, -0.1) is 0 Å². The number of hydrogen-bond donors (Lipinski definition) is 1. The summed E-state index contributed by atoms with van der Waals surface area (Å²) in [6.07, 6.45) is 5.10. The van der Waals surface area contributed by atoms with Crippen molar-refractivity contribution in [2.24, 2.45) is 0 Å². The van der Waals surface area contributed by atoms with Crippen molar-refractivity contribution in [3.8, 4) is 5.75 Å². The summed E-state index contributed by atoms with van der Waals surface area (Å²) in [7, 11) is 0. The molecule has 0 aromatic heterocycles. The Balaban J connectivity index is 1.87. The topological polar surface area (TPSA) is 49.8 Å². The number of aromatic carboxylic acids is 1. The van der Waals surface area contributed by atoms with E-state index in [1.165, 1.54) is 25.7 Å². The fraction of sp³-hybridized carbons (Fsp3) is 0.562. The lowest BCUT2D eigenvalue weighted by molar-refractivity contribution is 0.0691. The van der Waals surface area contributed by atoms with Crippen LogP contribution in [-0.4, -0.2) is 41.7 Å². The Hall–Kier alpha value is -1.55. The van der Waals surface area contributed by atoms with Crippen LogP contribution in [0.25, 0.3) is 0 Å². The maximum absolute atomic E-state index is 11.1. The highest BCUT2D eigenvalue weighted by Gasteiger charge is 2.17. The molecule has 20 heavy (non-hydrogen) atoms. The molecule has 1 aromatic rings. The lowest BCUT2D eigenvalue weighted by Gasteiger charge is -2.26. The van der Waals surface area contributed by atoms with Crippen LogP contribution in [0.4, 0.5) is 0 Å². The van der Waals surface area contributed by atoms with E-state index in [0.717, 1.165) is 13.1 Å². The first-order chi connectivity index (χ1) is 9.68. The predicted octanol–water partition coefficient (Wildman–Crippen LogP) is 3.03. The van der Waals surface area contributed by atoms with Gasteiger partial charge in [-0.2, -0.15) is 0 Å². The molecule has 1 unspecified atom stereocenters. The van der Waals surface area contributed by atoms with Crippen LogP contribution in [0.15, 0.2) is 24.3 Å². The number of carboxylic acid groups (broad SMARTS) is 1. The molecule has 0 saturated carbocycles. The van der Waals surface area contributed by atoms with Crippen LogP contribution >= 0.6 is 0 Å². The first-order valence-corrected chi connectivity index (χ1v) is 7.37. The largest absolute Gasteiger partial charge is 0.491 e. The van der Waals surface area contributed by atoms with E-state index in [1.54, 1.807) is 24.3 Å². The van der Waals surface area contributed by atoms with Gasteiger partial charge in [-0.05, 0) is 38.4 Å². The summed E-state index contributed by atoms with van der Waals surface area (Å²) in [6.45, 7) is 4.77. The monoisotopic (exact) mass is 277 g/mol. The number of likely N-dealkylation sites (tertiary alicyclic amines) is 1. The Morgan fingerprint density at radius 3 is 2.95 bits per heavy atom. The summed E-state index contributed by atoms with van der Waals surface area (Å²) in [5.74, 6) is -0.480. The van der Waals surface area contributed by atoms with Gasteiger partial charge in [0, 0.05) is 12.6 Å². The first kappa shape index (κ1) is 14.9. The Bertz CT molecular complexity index is 447. The Morgan fingerprint density at radius 2 is 2.15 bits per heavy atom. The zero-order valence-corrected chi connectivity index (χ0v) is 12.0. The maximum atomic E-state index is 11.1. The van der Waals surface area contributed by atoms with Crippen molar-refractivity contribution in [3.63, 3.8) is 0 Å². The summed E-state index contributed by atoms with van der Waals surface area (Å²) in [5.41, 5.74) is 0.233. The lowest BCUT2D eigenvalue weighted by Crippen LogP contribution is -2.36. The van der Waals surface area contributed by atoms with E-state index < -0.39 is 5.97 Å². The Kier molecular flexibility index (Phi) is 5.41. The molecule has 1 atom stereocenters. The van der Waals surface area contributed by atoms with Crippen LogP contribution in [0.3, 0.4) is 0 Å². The second-order valence-corrected chi connectivity index (χ2v) is 5.38.